The molecular weight excluding hydrogens is 418 g/mol. The summed E-state index contributed by atoms with van der Waals surface area (Å²) in [7, 11) is 0. The van der Waals surface area contributed by atoms with Crippen molar-refractivity contribution >= 4 is 27.7 Å². The van der Waals surface area contributed by atoms with Gasteiger partial charge < -0.3 is 5.32 Å². The van der Waals surface area contributed by atoms with E-state index in [4.69, 9.17) is 0 Å². The molecule has 0 saturated carbocycles. The Morgan fingerprint density at radius 1 is 0.893 bits per heavy atom. The summed E-state index contributed by atoms with van der Waals surface area (Å²) in [6.45, 7) is 1.26. The summed E-state index contributed by atoms with van der Waals surface area (Å²) in [5, 5.41) is 11.4. The number of benzene rings is 2. The van der Waals surface area contributed by atoms with Crippen LogP contribution in [0.25, 0.3) is 0 Å². The molecule has 2 heterocycles. The van der Waals surface area contributed by atoms with E-state index in [9.17, 15) is 4.79 Å². The van der Waals surface area contributed by atoms with Gasteiger partial charge in [-0.1, -0.05) is 40.2 Å². The Bertz CT molecular complexity index is 1050. The molecule has 6 nitrogen and oxygen atoms in total. The molecular formula is C21H18BrN5O. The highest BCUT2D eigenvalue weighted by Crippen LogP contribution is 2.15. The van der Waals surface area contributed by atoms with Crippen LogP contribution in [0.5, 0.6) is 0 Å². The van der Waals surface area contributed by atoms with Gasteiger partial charge in [0.05, 0.1) is 19.3 Å². The first-order valence-electron chi connectivity index (χ1n) is 8.81. The van der Waals surface area contributed by atoms with Gasteiger partial charge in [0.15, 0.2) is 0 Å². The van der Waals surface area contributed by atoms with Crippen molar-refractivity contribution < 1.29 is 4.79 Å². The van der Waals surface area contributed by atoms with E-state index < -0.39 is 0 Å². The number of hydrogen-bond acceptors (Lipinski definition) is 3. The van der Waals surface area contributed by atoms with Crippen LogP contribution in [0.1, 0.15) is 21.5 Å². The maximum Gasteiger partial charge on any atom is 0.256 e. The molecule has 1 N–H and O–H groups in total. The van der Waals surface area contributed by atoms with E-state index in [1.165, 1.54) is 0 Å². The summed E-state index contributed by atoms with van der Waals surface area (Å²) < 4.78 is 4.64. The molecule has 4 aromatic rings. The normalized spacial score (nSPS) is 10.8. The van der Waals surface area contributed by atoms with E-state index >= 15 is 0 Å². The Morgan fingerprint density at radius 2 is 1.61 bits per heavy atom. The molecule has 4 rings (SSSR count). The van der Waals surface area contributed by atoms with Gasteiger partial charge in [-0.2, -0.15) is 10.2 Å². The standard InChI is InChI=1S/C21H18BrN5O/c22-19-8-4-17(5-9-19)15-27-20(10-12-24-27)25-21(28)18-6-2-16(3-7-18)14-26-13-1-11-23-26/h1-13H,14-15H2,(H,25,28). The van der Waals surface area contributed by atoms with Crippen molar-refractivity contribution in [3.8, 4) is 0 Å². The van der Waals surface area contributed by atoms with Gasteiger partial charge in [-0.25, -0.2) is 4.68 Å². The Labute approximate surface area is 170 Å². The third-order valence-corrected chi connectivity index (χ3v) is 4.85. The third kappa shape index (κ3) is 4.37. The first kappa shape index (κ1) is 18.2. The fourth-order valence-corrected chi connectivity index (χ4v) is 3.12. The summed E-state index contributed by atoms with van der Waals surface area (Å²) in [5.74, 6) is 0.497. The molecule has 0 atom stereocenters. The number of aromatic nitrogens is 4. The van der Waals surface area contributed by atoms with E-state index in [1.54, 1.807) is 23.1 Å². The smallest absolute Gasteiger partial charge is 0.256 e. The van der Waals surface area contributed by atoms with Crippen LogP contribution in [0.15, 0.2) is 83.7 Å². The molecule has 0 radical (unpaired) electrons. The zero-order valence-corrected chi connectivity index (χ0v) is 16.6. The van der Waals surface area contributed by atoms with E-state index in [-0.39, 0.29) is 5.91 Å². The average Bonchev–Trinajstić information content (AvgIpc) is 3.37. The van der Waals surface area contributed by atoms with Crippen molar-refractivity contribution in [2.24, 2.45) is 0 Å². The summed E-state index contributed by atoms with van der Waals surface area (Å²) in [6.07, 6.45) is 5.34. The Kier molecular flexibility index (Phi) is 5.34. The number of nitrogens with zero attached hydrogens (tertiary/aromatic N) is 4. The van der Waals surface area contributed by atoms with Crippen LogP contribution >= 0.6 is 15.9 Å². The molecule has 0 saturated heterocycles. The van der Waals surface area contributed by atoms with Gasteiger partial charge in [0.1, 0.15) is 5.82 Å². The van der Waals surface area contributed by atoms with Gasteiger partial charge in [0.25, 0.3) is 5.91 Å². The van der Waals surface area contributed by atoms with Crippen LogP contribution in [-0.4, -0.2) is 25.5 Å². The molecule has 2 aromatic carbocycles. The molecule has 2 aromatic heterocycles. The van der Waals surface area contributed by atoms with Crippen LogP contribution in [0.4, 0.5) is 5.82 Å². The molecule has 0 fully saturated rings. The summed E-state index contributed by atoms with van der Waals surface area (Å²) in [6, 6.07) is 19.2. The van der Waals surface area contributed by atoms with Crippen molar-refractivity contribution in [3.05, 3.63) is 100 Å². The van der Waals surface area contributed by atoms with Crippen LogP contribution in [0.2, 0.25) is 0 Å². The van der Waals surface area contributed by atoms with Crippen molar-refractivity contribution in [2.75, 3.05) is 5.32 Å². The van der Waals surface area contributed by atoms with E-state index in [2.05, 4.69) is 31.4 Å². The zero-order valence-electron chi connectivity index (χ0n) is 15.0. The fraction of sp³-hybridized carbons (Fsp3) is 0.0952. The second kappa shape index (κ2) is 8.22. The predicted octanol–water partition coefficient (Wildman–Crippen LogP) is 4.19. The van der Waals surface area contributed by atoms with E-state index in [0.717, 1.165) is 15.6 Å². The van der Waals surface area contributed by atoms with Gasteiger partial charge in [-0.05, 0) is 41.5 Å². The minimum atomic E-state index is -0.164. The van der Waals surface area contributed by atoms with Crippen molar-refractivity contribution in [2.45, 2.75) is 13.1 Å². The number of anilines is 1. The topological polar surface area (TPSA) is 64.7 Å². The van der Waals surface area contributed by atoms with Gasteiger partial charge in [-0.15, -0.1) is 0 Å². The zero-order chi connectivity index (χ0) is 19.3. The predicted molar refractivity (Wildman–Crippen MR) is 111 cm³/mol. The molecule has 0 aliphatic carbocycles. The minimum Gasteiger partial charge on any atom is -0.307 e. The second-order valence-corrected chi connectivity index (χ2v) is 7.27. The lowest BCUT2D eigenvalue weighted by atomic mass is 10.1. The van der Waals surface area contributed by atoms with Gasteiger partial charge in [0.2, 0.25) is 0 Å². The van der Waals surface area contributed by atoms with Crippen LogP contribution in [0, 0.1) is 0 Å². The monoisotopic (exact) mass is 435 g/mol. The maximum atomic E-state index is 12.6. The van der Waals surface area contributed by atoms with Crippen LogP contribution in [-0.2, 0) is 13.1 Å². The van der Waals surface area contributed by atoms with E-state index in [1.807, 2.05) is 65.5 Å². The molecule has 0 aliphatic rings. The van der Waals surface area contributed by atoms with Crippen LogP contribution in [0.3, 0.4) is 0 Å². The van der Waals surface area contributed by atoms with Gasteiger partial charge in [0, 0.05) is 28.5 Å². The number of rotatable bonds is 6. The molecule has 0 aliphatic heterocycles. The fourth-order valence-electron chi connectivity index (χ4n) is 2.86. The Morgan fingerprint density at radius 3 is 2.32 bits per heavy atom. The highest BCUT2D eigenvalue weighted by molar-refractivity contribution is 9.10. The van der Waals surface area contributed by atoms with Gasteiger partial charge in [-0.3, -0.25) is 9.48 Å². The number of carbonyl (C=O) groups is 1. The highest BCUT2D eigenvalue weighted by atomic mass is 79.9. The minimum absolute atomic E-state index is 0.164. The number of halogens is 1. The highest BCUT2D eigenvalue weighted by Gasteiger charge is 2.10. The second-order valence-electron chi connectivity index (χ2n) is 6.36. The molecule has 28 heavy (non-hydrogen) atoms. The lowest BCUT2D eigenvalue weighted by Gasteiger charge is -2.10. The lowest BCUT2D eigenvalue weighted by molar-refractivity contribution is 0.102. The van der Waals surface area contributed by atoms with Crippen molar-refractivity contribution in [1.29, 1.82) is 0 Å². The number of carbonyl (C=O) groups excluding carboxylic acids is 1. The summed E-state index contributed by atoms with van der Waals surface area (Å²) in [5.41, 5.74) is 2.78. The van der Waals surface area contributed by atoms with Gasteiger partial charge >= 0.3 is 0 Å². The Hall–Kier alpha value is -3.19. The van der Waals surface area contributed by atoms with Crippen LogP contribution < -0.4 is 5.32 Å². The summed E-state index contributed by atoms with van der Waals surface area (Å²) in [4.78, 5) is 12.6. The largest absolute Gasteiger partial charge is 0.307 e. The van der Waals surface area contributed by atoms with E-state index in [0.29, 0.717) is 24.5 Å². The quantitative estimate of drug-likeness (QED) is 0.493. The summed E-state index contributed by atoms with van der Waals surface area (Å²) >= 11 is 3.43. The first-order chi connectivity index (χ1) is 13.7. The number of hydrogen-bond donors (Lipinski definition) is 1. The number of nitrogens with one attached hydrogen (secondary N) is 1. The molecule has 0 spiro atoms. The molecule has 0 unspecified atom stereocenters. The van der Waals surface area contributed by atoms with Crippen molar-refractivity contribution in [3.63, 3.8) is 0 Å². The molecule has 140 valence electrons. The van der Waals surface area contributed by atoms with Crippen molar-refractivity contribution in [1.82, 2.24) is 19.6 Å². The SMILES string of the molecule is O=C(Nc1ccnn1Cc1ccc(Br)cc1)c1ccc(Cn2cccn2)cc1. The maximum absolute atomic E-state index is 12.6. The average molecular weight is 436 g/mol. The molecule has 7 heteroatoms. The first-order valence-corrected chi connectivity index (χ1v) is 9.61. The lowest BCUT2D eigenvalue weighted by Crippen LogP contribution is -2.16. The molecule has 1 amide bonds. The third-order valence-electron chi connectivity index (χ3n) is 4.32. The number of amides is 1. The Balaban J connectivity index is 1.42. The molecule has 0 bridgehead atoms.